The average molecular weight is 283 g/mol. The molecule has 20 heavy (non-hydrogen) atoms. The van der Waals surface area contributed by atoms with Crippen LogP contribution in [-0.2, 0) is 6.54 Å². The van der Waals surface area contributed by atoms with Gasteiger partial charge in [-0.1, -0.05) is 48.0 Å². The minimum Gasteiger partial charge on any atom is -0.287 e. The van der Waals surface area contributed by atoms with Crippen LogP contribution < -0.4 is 4.57 Å². The van der Waals surface area contributed by atoms with Crippen LogP contribution in [-0.4, -0.2) is 5.78 Å². The molecule has 1 heterocycles. The van der Waals surface area contributed by atoms with Crippen molar-refractivity contribution in [3.8, 4) is 0 Å². The first-order chi connectivity index (χ1) is 9.75. The van der Waals surface area contributed by atoms with E-state index in [4.69, 9.17) is 11.6 Å². The van der Waals surface area contributed by atoms with Crippen molar-refractivity contribution in [1.82, 2.24) is 0 Å². The molecule has 0 radical (unpaired) electrons. The van der Waals surface area contributed by atoms with Gasteiger partial charge >= 0.3 is 0 Å². The minimum atomic E-state index is 0.0722. The molecule has 3 rings (SSSR count). The first-order valence-corrected chi connectivity index (χ1v) is 6.78. The molecule has 0 aliphatic rings. The maximum atomic E-state index is 12.3. The van der Waals surface area contributed by atoms with E-state index in [0.717, 1.165) is 10.9 Å². The number of ketones is 1. The van der Waals surface area contributed by atoms with Crippen LogP contribution in [0.3, 0.4) is 0 Å². The van der Waals surface area contributed by atoms with Crippen molar-refractivity contribution < 1.29 is 9.36 Å². The normalized spacial score (nSPS) is 10.7. The molecule has 1 aromatic heterocycles. The van der Waals surface area contributed by atoms with Crippen molar-refractivity contribution in [3.05, 3.63) is 77.4 Å². The smallest absolute Gasteiger partial charge is 0.231 e. The largest absolute Gasteiger partial charge is 0.287 e. The topological polar surface area (TPSA) is 20.9 Å². The second-order valence-corrected chi connectivity index (χ2v) is 5.01. The van der Waals surface area contributed by atoms with Crippen molar-refractivity contribution in [3.63, 3.8) is 0 Å². The van der Waals surface area contributed by atoms with Crippen LogP contribution in [0.15, 0.2) is 66.9 Å². The molecule has 0 aliphatic heterocycles. The number of fused-ring (bicyclic) bond motifs is 1. The maximum absolute atomic E-state index is 12.3. The number of halogens is 1. The van der Waals surface area contributed by atoms with Crippen LogP contribution in [0.2, 0.25) is 5.02 Å². The number of rotatable bonds is 3. The number of benzene rings is 2. The third kappa shape index (κ3) is 2.43. The molecule has 3 aromatic rings. The highest BCUT2D eigenvalue weighted by Gasteiger charge is 2.16. The Morgan fingerprint density at radius 2 is 1.70 bits per heavy atom. The average Bonchev–Trinajstić information content (AvgIpc) is 2.48. The molecule has 0 unspecified atom stereocenters. The highest BCUT2D eigenvalue weighted by atomic mass is 35.5. The second-order valence-electron chi connectivity index (χ2n) is 4.60. The fourth-order valence-electron chi connectivity index (χ4n) is 2.30. The van der Waals surface area contributed by atoms with E-state index < -0.39 is 0 Å². The minimum absolute atomic E-state index is 0.0722. The fourth-order valence-corrected chi connectivity index (χ4v) is 2.59. The van der Waals surface area contributed by atoms with E-state index in [2.05, 4.69) is 0 Å². The third-order valence-electron chi connectivity index (χ3n) is 3.26. The number of carbonyl (C=O) groups excluding carboxylic acids is 1. The summed E-state index contributed by atoms with van der Waals surface area (Å²) in [5, 5.41) is 1.69. The first-order valence-electron chi connectivity index (χ1n) is 6.40. The lowest BCUT2D eigenvalue weighted by Crippen LogP contribution is -2.38. The van der Waals surface area contributed by atoms with Crippen LogP contribution in [0, 0.1) is 0 Å². The lowest BCUT2D eigenvalue weighted by atomic mass is 10.1. The van der Waals surface area contributed by atoms with Gasteiger partial charge in [0.2, 0.25) is 17.8 Å². The van der Waals surface area contributed by atoms with Crippen LogP contribution in [0.4, 0.5) is 0 Å². The number of carbonyl (C=O) groups is 1. The molecule has 0 N–H and O–H groups in total. The molecular formula is C17H13ClNO+. The van der Waals surface area contributed by atoms with Crippen LogP contribution in [0.5, 0.6) is 0 Å². The van der Waals surface area contributed by atoms with E-state index in [0.29, 0.717) is 10.6 Å². The number of para-hydroxylation sites is 1. The Bertz CT molecular complexity index is 763. The molecule has 2 aromatic carbocycles. The Balaban J connectivity index is 2.02. The molecule has 0 saturated carbocycles. The quantitative estimate of drug-likeness (QED) is 0.530. The summed E-state index contributed by atoms with van der Waals surface area (Å²) in [5.41, 5.74) is 1.60. The molecule has 0 atom stereocenters. The molecule has 0 fully saturated rings. The molecule has 0 amide bonds. The van der Waals surface area contributed by atoms with Gasteiger partial charge in [-0.05, 0) is 18.2 Å². The van der Waals surface area contributed by atoms with Crippen molar-refractivity contribution in [1.29, 1.82) is 0 Å². The summed E-state index contributed by atoms with van der Waals surface area (Å²) in [7, 11) is 0. The van der Waals surface area contributed by atoms with Crippen molar-refractivity contribution >= 4 is 28.3 Å². The highest BCUT2D eigenvalue weighted by Crippen LogP contribution is 2.19. The van der Waals surface area contributed by atoms with E-state index in [-0.39, 0.29) is 12.3 Å². The fraction of sp³-hybridized carbons (Fsp3) is 0.0588. The number of pyridine rings is 1. The summed E-state index contributed by atoms with van der Waals surface area (Å²) in [5.74, 6) is 0.0722. The van der Waals surface area contributed by atoms with E-state index in [9.17, 15) is 4.79 Å². The monoisotopic (exact) mass is 282 g/mol. The van der Waals surface area contributed by atoms with Gasteiger partial charge in [0.1, 0.15) is 5.02 Å². The zero-order chi connectivity index (χ0) is 13.9. The van der Waals surface area contributed by atoms with Crippen LogP contribution >= 0.6 is 11.6 Å². The Morgan fingerprint density at radius 1 is 0.950 bits per heavy atom. The highest BCUT2D eigenvalue weighted by molar-refractivity contribution is 6.34. The van der Waals surface area contributed by atoms with E-state index in [1.165, 1.54) is 0 Å². The van der Waals surface area contributed by atoms with Gasteiger partial charge in [0.15, 0.2) is 6.20 Å². The predicted molar refractivity (Wildman–Crippen MR) is 79.9 cm³/mol. The maximum Gasteiger partial charge on any atom is 0.231 e. The van der Waals surface area contributed by atoms with Gasteiger partial charge in [-0.2, -0.15) is 4.57 Å². The van der Waals surface area contributed by atoms with Gasteiger partial charge < -0.3 is 0 Å². The van der Waals surface area contributed by atoms with E-state index >= 15 is 0 Å². The number of Topliss-reactive ketones (excluding diaryl/α,β-unsaturated/α-hetero) is 1. The van der Waals surface area contributed by atoms with Crippen molar-refractivity contribution in [2.75, 3.05) is 0 Å². The Hall–Kier alpha value is -2.19. The lowest BCUT2D eigenvalue weighted by molar-refractivity contribution is -0.657. The lowest BCUT2D eigenvalue weighted by Gasteiger charge is -2.02. The Kier molecular flexibility index (Phi) is 3.48. The van der Waals surface area contributed by atoms with Gasteiger partial charge in [0.05, 0.1) is 0 Å². The first kappa shape index (κ1) is 12.8. The van der Waals surface area contributed by atoms with E-state index in [1.807, 2.05) is 71.4 Å². The SMILES string of the molecule is O=C(C[n+]1cccc2cccc(Cl)c21)c1ccccc1. The number of hydrogen-bond donors (Lipinski definition) is 0. The van der Waals surface area contributed by atoms with Crippen LogP contribution in [0.25, 0.3) is 10.9 Å². The summed E-state index contributed by atoms with van der Waals surface area (Å²) in [4.78, 5) is 12.3. The molecule has 2 nitrogen and oxygen atoms in total. The van der Waals surface area contributed by atoms with Crippen LogP contribution in [0.1, 0.15) is 10.4 Å². The van der Waals surface area contributed by atoms with Gasteiger partial charge in [-0.15, -0.1) is 0 Å². The summed E-state index contributed by atoms with van der Waals surface area (Å²) in [6.07, 6.45) is 1.88. The number of hydrogen-bond acceptors (Lipinski definition) is 1. The molecule has 3 heteroatoms. The summed E-state index contributed by atoms with van der Waals surface area (Å²) in [6, 6.07) is 19.0. The van der Waals surface area contributed by atoms with Gasteiger partial charge in [-0.25, -0.2) is 0 Å². The zero-order valence-electron chi connectivity index (χ0n) is 10.8. The zero-order valence-corrected chi connectivity index (χ0v) is 11.5. The number of aromatic nitrogens is 1. The molecular weight excluding hydrogens is 270 g/mol. The molecule has 0 saturated heterocycles. The molecule has 0 bridgehead atoms. The second kappa shape index (κ2) is 5.43. The molecule has 0 aliphatic carbocycles. The summed E-state index contributed by atoms with van der Waals surface area (Å²) in [6.45, 7) is 0.283. The Morgan fingerprint density at radius 3 is 2.50 bits per heavy atom. The Labute approximate surface area is 122 Å². The standard InChI is InChI=1S/C17H13ClNO/c18-15-10-4-8-14-9-5-11-19(17(14)15)12-16(20)13-6-2-1-3-7-13/h1-11H,12H2/q+1. The van der Waals surface area contributed by atoms with Gasteiger partial charge in [0.25, 0.3) is 0 Å². The predicted octanol–water partition coefficient (Wildman–Crippen LogP) is 3.66. The molecule has 0 spiro atoms. The van der Waals surface area contributed by atoms with Crippen molar-refractivity contribution in [2.45, 2.75) is 6.54 Å². The molecule has 98 valence electrons. The summed E-state index contributed by atoms with van der Waals surface area (Å²) < 4.78 is 1.90. The third-order valence-corrected chi connectivity index (χ3v) is 3.56. The van der Waals surface area contributed by atoms with Gasteiger partial charge in [0, 0.05) is 17.0 Å². The summed E-state index contributed by atoms with van der Waals surface area (Å²) >= 11 is 6.26. The number of nitrogens with zero attached hydrogens (tertiary/aromatic N) is 1. The van der Waals surface area contributed by atoms with Gasteiger partial charge in [-0.3, -0.25) is 4.79 Å². The van der Waals surface area contributed by atoms with E-state index in [1.54, 1.807) is 0 Å². The van der Waals surface area contributed by atoms with Crippen molar-refractivity contribution in [2.24, 2.45) is 0 Å².